The van der Waals surface area contributed by atoms with E-state index in [4.69, 9.17) is 0 Å². The van der Waals surface area contributed by atoms with E-state index >= 15 is 0 Å². The summed E-state index contributed by atoms with van der Waals surface area (Å²) in [6, 6.07) is -0.0687. The number of Topliss-reactive ketones (excluding diaryl/α,β-unsaturated/α-hetero) is 1. The number of aliphatic imine (C=N–C) groups is 1. The van der Waals surface area contributed by atoms with Gasteiger partial charge in [-0.05, 0) is 39.0 Å². The number of allylic oxidation sites excluding steroid dienone is 2. The molecule has 0 saturated carbocycles. The van der Waals surface area contributed by atoms with Crippen LogP contribution in [0, 0.1) is 0 Å². The number of carbonyl (C=O) groups is 1. The third-order valence-electron chi connectivity index (χ3n) is 2.14. The van der Waals surface area contributed by atoms with Crippen molar-refractivity contribution in [3.63, 3.8) is 0 Å². The minimum absolute atomic E-state index is 0.0353. The van der Waals surface area contributed by atoms with Gasteiger partial charge in [0, 0.05) is 5.57 Å². The molecule has 78 valence electrons. The smallest absolute Gasteiger partial charge is 0.186 e. The summed E-state index contributed by atoms with van der Waals surface area (Å²) in [5.41, 5.74) is 1.38. The molecule has 0 aliphatic rings. The van der Waals surface area contributed by atoms with Crippen molar-refractivity contribution < 1.29 is 4.79 Å². The van der Waals surface area contributed by atoms with Crippen LogP contribution in [0.3, 0.4) is 0 Å². The van der Waals surface area contributed by atoms with Crippen LogP contribution < -0.4 is 0 Å². The minimum Gasteiger partial charge on any atom is -0.290 e. The third kappa shape index (κ3) is 3.29. The number of hydrogen-bond acceptors (Lipinski definition) is 2. The molecule has 2 heteroatoms. The Bertz CT molecular complexity index is 274. The predicted molar refractivity (Wildman–Crippen MR) is 61.8 cm³/mol. The van der Waals surface area contributed by atoms with Crippen molar-refractivity contribution in [3.05, 3.63) is 23.8 Å². The Kier molecular flexibility index (Phi) is 5.77. The molecule has 0 saturated heterocycles. The molecule has 0 bridgehead atoms. The Morgan fingerprint density at radius 1 is 1.50 bits per heavy atom. The maximum Gasteiger partial charge on any atom is 0.186 e. The van der Waals surface area contributed by atoms with E-state index in [0.29, 0.717) is 12.0 Å². The van der Waals surface area contributed by atoms with Crippen molar-refractivity contribution in [1.29, 1.82) is 0 Å². The lowest BCUT2D eigenvalue weighted by atomic mass is 9.98. The lowest BCUT2D eigenvalue weighted by Gasteiger charge is -2.10. The molecule has 14 heavy (non-hydrogen) atoms. The van der Waals surface area contributed by atoms with Crippen LogP contribution >= 0.6 is 0 Å². The molecular formula is C12H19NO. The first kappa shape index (κ1) is 12.8. The van der Waals surface area contributed by atoms with Crippen LogP contribution in [0.15, 0.2) is 28.8 Å². The predicted octanol–water partition coefficient (Wildman–Crippen LogP) is 2.95. The van der Waals surface area contributed by atoms with E-state index in [9.17, 15) is 4.79 Å². The van der Waals surface area contributed by atoms with Gasteiger partial charge in [0.05, 0.1) is 6.04 Å². The molecule has 0 spiro atoms. The van der Waals surface area contributed by atoms with Gasteiger partial charge in [0.1, 0.15) is 0 Å². The highest BCUT2D eigenvalue weighted by atomic mass is 16.1. The van der Waals surface area contributed by atoms with E-state index in [1.54, 1.807) is 6.21 Å². The Morgan fingerprint density at radius 2 is 2.07 bits per heavy atom. The Morgan fingerprint density at radius 3 is 2.43 bits per heavy atom. The monoisotopic (exact) mass is 193 g/mol. The van der Waals surface area contributed by atoms with Crippen LogP contribution in [0.5, 0.6) is 0 Å². The van der Waals surface area contributed by atoms with Gasteiger partial charge in [-0.2, -0.15) is 0 Å². The first-order valence-electron chi connectivity index (χ1n) is 4.94. The maximum atomic E-state index is 11.8. The van der Waals surface area contributed by atoms with Crippen LogP contribution in [-0.2, 0) is 4.79 Å². The largest absolute Gasteiger partial charge is 0.290 e. The van der Waals surface area contributed by atoms with E-state index in [-0.39, 0.29) is 11.8 Å². The molecule has 0 heterocycles. The standard InChI is InChI=1S/C12H19NO/c1-6-9(4)12(14)11(7-2)10(5)13-8-3/h7-8,10H,4,6H2,1-3,5H3. The molecule has 1 unspecified atom stereocenters. The van der Waals surface area contributed by atoms with Crippen molar-refractivity contribution >= 4 is 12.0 Å². The van der Waals surface area contributed by atoms with Gasteiger partial charge in [-0.1, -0.05) is 19.6 Å². The van der Waals surface area contributed by atoms with Gasteiger partial charge in [0.25, 0.3) is 0 Å². The fourth-order valence-electron chi connectivity index (χ4n) is 1.23. The summed E-state index contributed by atoms with van der Waals surface area (Å²) in [4.78, 5) is 16.0. The number of carbonyl (C=O) groups excluding carboxylic acids is 1. The average Bonchev–Trinajstić information content (AvgIpc) is 2.18. The molecule has 0 aliphatic heterocycles. The van der Waals surface area contributed by atoms with Gasteiger partial charge < -0.3 is 0 Å². The highest BCUT2D eigenvalue weighted by Crippen LogP contribution is 2.13. The quantitative estimate of drug-likeness (QED) is 0.487. The van der Waals surface area contributed by atoms with Crippen molar-refractivity contribution in [2.75, 3.05) is 0 Å². The number of ketones is 1. The van der Waals surface area contributed by atoms with Crippen LogP contribution in [0.2, 0.25) is 0 Å². The first-order chi connectivity index (χ1) is 6.58. The second-order valence-corrected chi connectivity index (χ2v) is 3.11. The zero-order chi connectivity index (χ0) is 11.1. The van der Waals surface area contributed by atoms with Gasteiger partial charge in [-0.3, -0.25) is 9.79 Å². The molecule has 1 atom stereocenters. The number of nitrogens with zero attached hydrogens (tertiary/aromatic N) is 1. The molecule has 0 aliphatic carbocycles. The Hall–Kier alpha value is -1.18. The van der Waals surface area contributed by atoms with Gasteiger partial charge in [-0.15, -0.1) is 0 Å². The fraction of sp³-hybridized carbons (Fsp3) is 0.500. The lowest BCUT2D eigenvalue weighted by Crippen LogP contribution is -2.14. The molecule has 0 fully saturated rings. The summed E-state index contributed by atoms with van der Waals surface area (Å²) in [5, 5.41) is 0. The molecule has 0 radical (unpaired) electrons. The molecule has 2 nitrogen and oxygen atoms in total. The molecule has 0 amide bonds. The van der Waals surface area contributed by atoms with Crippen molar-refractivity contribution in [3.8, 4) is 0 Å². The van der Waals surface area contributed by atoms with Crippen LogP contribution in [0.4, 0.5) is 0 Å². The van der Waals surface area contributed by atoms with E-state index in [0.717, 1.165) is 5.57 Å². The van der Waals surface area contributed by atoms with E-state index in [2.05, 4.69) is 11.6 Å². The molecule has 0 aromatic rings. The minimum atomic E-state index is -0.0687. The summed E-state index contributed by atoms with van der Waals surface area (Å²) in [5.74, 6) is 0.0353. The molecule has 0 N–H and O–H groups in total. The van der Waals surface area contributed by atoms with Crippen molar-refractivity contribution in [2.45, 2.75) is 40.2 Å². The van der Waals surface area contributed by atoms with Gasteiger partial charge in [0.2, 0.25) is 0 Å². The van der Waals surface area contributed by atoms with E-state index in [1.165, 1.54) is 0 Å². The van der Waals surface area contributed by atoms with Crippen LogP contribution in [0.25, 0.3) is 0 Å². The topological polar surface area (TPSA) is 29.4 Å². The van der Waals surface area contributed by atoms with Gasteiger partial charge in [-0.25, -0.2) is 0 Å². The second kappa shape index (κ2) is 6.30. The zero-order valence-electron chi connectivity index (χ0n) is 9.50. The summed E-state index contributed by atoms with van der Waals surface area (Å²) in [6.07, 6.45) is 4.23. The Balaban J connectivity index is 4.75. The molecule has 0 aromatic heterocycles. The zero-order valence-corrected chi connectivity index (χ0v) is 9.50. The van der Waals surface area contributed by atoms with Gasteiger partial charge >= 0.3 is 0 Å². The third-order valence-corrected chi connectivity index (χ3v) is 2.14. The Labute approximate surface area is 86.4 Å². The summed E-state index contributed by atoms with van der Waals surface area (Å²) in [7, 11) is 0. The van der Waals surface area contributed by atoms with Crippen molar-refractivity contribution in [2.24, 2.45) is 4.99 Å². The van der Waals surface area contributed by atoms with Crippen molar-refractivity contribution in [1.82, 2.24) is 0 Å². The average molecular weight is 193 g/mol. The van der Waals surface area contributed by atoms with Crippen LogP contribution in [0.1, 0.15) is 34.1 Å². The molecular weight excluding hydrogens is 174 g/mol. The SMILES string of the molecule is C=C(CC)C(=O)C(=CC)C(C)N=CC. The first-order valence-corrected chi connectivity index (χ1v) is 4.94. The molecule has 0 rings (SSSR count). The highest BCUT2D eigenvalue weighted by Gasteiger charge is 2.16. The summed E-state index contributed by atoms with van der Waals surface area (Å²) in [6.45, 7) is 11.3. The fourth-order valence-corrected chi connectivity index (χ4v) is 1.23. The van der Waals surface area contributed by atoms with E-state index < -0.39 is 0 Å². The van der Waals surface area contributed by atoms with Gasteiger partial charge in [0.15, 0.2) is 5.78 Å². The molecule has 0 aromatic carbocycles. The number of hydrogen-bond donors (Lipinski definition) is 0. The van der Waals surface area contributed by atoms with E-state index in [1.807, 2.05) is 33.8 Å². The van der Waals surface area contributed by atoms with Crippen LogP contribution in [-0.4, -0.2) is 18.0 Å². The lowest BCUT2D eigenvalue weighted by molar-refractivity contribution is -0.112. The highest BCUT2D eigenvalue weighted by molar-refractivity contribution is 6.08. The summed E-state index contributed by atoms with van der Waals surface area (Å²) < 4.78 is 0. The summed E-state index contributed by atoms with van der Waals surface area (Å²) >= 11 is 0. The second-order valence-electron chi connectivity index (χ2n) is 3.11. The number of rotatable bonds is 5. The maximum absolute atomic E-state index is 11.8. The normalized spacial score (nSPS) is 14.4.